The quantitative estimate of drug-likeness (QED) is 0.684. The van der Waals surface area contributed by atoms with E-state index >= 15 is 0 Å². The maximum atomic E-state index is 13.1. The summed E-state index contributed by atoms with van der Waals surface area (Å²) in [6.07, 6.45) is 3.62. The van der Waals surface area contributed by atoms with Gasteiger partial charge in [-0.25, -0.2) is 8.42 Å². The molecule has 0 bridgehead atoms. The Morgan fingerprint density at radius 1 is 1.03 bits per heavy atom. The van der Waals surface area contributed by atoms with Gasteiger partial charge in [0.05, 0.1) is 17.4 Å². The standard InChI is InChI=1S/C25H30N4O4S/c1-3-27-13-15-28(16-14-27)34(32,33)22-9-6-8-21(17-22)26-25(31)18-24-23-10-5-4-7-20(23)11-12-29(24)19(2)30/h4-12,17,24H,3,13-16,18H2,1-2H3,(H,26,31). The highest BCUT2D eigenvalue weighted by Gasteiger charge is 2.30. The van der Waals surface area contributed by atoms with E-state index in [0.29, 0.717) is 31.9 Å². The van der Waals surface area contributed by atoms with Crippen LogP contribution < -0.4 is 5.32 Å². The lowest BCUT2D eigenvalue weighted by atomic mass is 9.93. The van der Waals surface area contributed by atoms with Crippen LogP contribution in [0.4, 0.5) is 5.69 Å². The second-order valence-electron chi connectivity index (χ2n) is 8.51. The van der Waals surface area contributed by atoms with Crippen LogP contribution in [-0.4, -0.2) is 67.1 Å². The first-order chi connectivity index (χ1) is 16.3. The largest absolute Gasteiger partial charge is 0.326 e. The minimum atomic E-state index is -3.65. The highest BCUT2D eigenvalue weighted by atomic mass is 32.2. The SMILES string of the molecule is CCN1CCN(S(=O)(=O)c2cccc(NC(=O)CC3c4ccccc4C=CN3C(C)=O)c2)CC1. The predicted octanol–water partition coefficient (Wildman–Crippen LogP) is 2.92. The Labute approximate surface area is 200 Å². The zero-order valence-corrected chi connectivity index (χ0v) is 20.3. The first-order valence-electron chi connectivity index (χ1n) is 11.5. The molecule has 8 nitrogen and oxygen atoms in total. The van der Waals surface area contributed by atoms with Crippen molar-refractivity contribution in [3.05, 3.63) is 65.9 Å². The Morgan fingerprint density at radius 2 is 1.76 bits per heavy atom. The van der Waals surface area contributed by atoms with Gasteiger partial charge in [0.15, 0.2) is 0 Å². The van der Waals surface area contributed by atoms with Crippen molar-refractivity contribution in [1.82, 2.24) is 14.1 Å². The Balaban J connectivity index is 1.48. The number of hydrogen-bond acceptors (Lipinski definition) is 5. The fourth-order valence-corrected chi connectivity index (χ4v) is 5.94. The third kappa shape index (κ3) is 5.06. The van der Waals surface area contributed by atoms with Crippen LogP contribution in [0.15, 0.2) is 59.6 Å². The maximum Gasteiger partial charge on any atom is 0.243 e. The molecule has 2 aromatic rings. The Hall–Kier alpha value is -3.01. The smallest absolute Gasteiger partial charge is 0.243 e. The zero-order chi connectivity index (χ0) is 24.3. The highest BCUT2D eigenvalue weighted by molar-refractivity contribution is 7.89. The molecule has 9 heteroatoms. The number of piperazine rings is 1. The summed E-state index contributed by atoms with van der Waals surface area (Å²) in [5, 5.41) is 2.82. The number of anilines is 1. The molecule has 1 N–H and O–H groups in total. The lowest BCUT2D eigenvalue weighted by molar-refractivity contribution is -0.129. The van der Waals surface area contributed by atoms with Crippen LogP contribution in [0.3, 0.4) is 0 Å². The number of rotatable bonds is 6. The number of hydrogen-bond donors (Lipinski definition) is 1. The van der Waals surface area contributed by atoms with Crippen LogP contribution in [0.5, 0.6) is 0 Å². The van der Waals surface area contributed by atoms with Gasteiger partial charge in [0.1, 0.15) is 0 Å². The molecule has 0 aliphatic carbocycles. The van der Waals surface area contributed by atoms with Crippen LogP contribution in [0, 0.1) is 0 Å². The molecule has 0 spiro atoms. The van der Waals surface area contributed by atoms with E-state index in [1.165, 1.54) is 17.3 Å². The van der Waals surface area contributed by atoms with Crippen molar-refractivity contribution in [2.75, 3.05) is 38.0 Å². The van der Waals surface area contributed by atoms with E-state index in [9.17, 15) is 18.0 Å². The van der Waals surface area contributed by atoms with Crippen LogP contribution >= 0.6 is 0 Å². The molecule has 1 unspecified atom stereocenters. The van der Waals surface area contributed by atoms with Gasteiger partial charge in [-0.15, -0.1) is 0 Å². The average molecular weight is 483 g/mol. The van der Waals surface area contributed by atoms with Crippen LogP contribution in [-0.2, 0) is 19.6 Å². The Morgan fingerprint density at radius 3 is 2.47 bits per heavy atom. The number of likely N-dealkylation sites (N-methyl/N-ethyl adjacent to an activating group) is 1. The summed E-state index contributed by atoms with van der Waals surface area (Å²) in [7, 11) is -3.65. The Bertz CT molecular complexity index is 1200. The molecule has 2 aliphatic heterocycles. The molecule has 0 aromatic heterocycles. The molecule has 1 fully saturated rings. The fourth-order valence-electron chi connectivity index (χ4n) is 4.47. The fraction of sp³-hybridized carbons (Fsp3) is 0.360. The maximum absolute atomic E-state index is 13.1. The minimum Gasteiger partial charge on any atom is -0.326 e. The number of nitrogens with one attached hydrogen (secondary N) is 1. The molecule has 180 valence electrons. The lowest BCUT2D eigenvalue weighted by Gasteiger charge is -2.33. The van der Waals surface area contributed by atoms with E-state index in [-0.39, 0.29) is 23.1 Å². The van der Waals surface area contributed by atoms with Crippen molar-refractivity contribution in [3.8, 4) is 0 Å². The van der Waals surface area contributed by atoms with Gasteiger partial charge in [-0.2, -0.15) is 4.31 Å². The van der Waals surface area contributed by atoms with Crippen LogP contribution in [0.25, 0.3) is 6.08 Å². The highest BCUT2D eigenvalue weighted by Crippen LogP contribution is 2.33. The molecular formula is C25H30N4O4S. The summed E-state index contributed by atoms with van der Waals surface area (Å²) in [6.45, 7) is 6.74. The third-order valence-electron chi connectivity index (χ3n) is 6.38. The van der Waals surface area contributed by atoms with Crippen LogP contribution in [0.2, 0.25) is 0 Å². The van der Waals surface area contributed by atoms with Gasteiger partial charge in [0.25, 0.3) is 0 Å². The molecule has 1 saturated heterocycles. The van der Waals surface area contributed by atoms with E-state index in [1.54, 1.807) is 29.3 Å². The summed E-state index contributed by atoms with van der Waals surface area (Å²) >= 11 is 0. The van der Waals surface area contributed by atoms with Gasteiger partial charge in [-0.05, 0) is 41.9 Å². The molecular weight excluding hydrogens is 452 g/mol. The number of sulfonamides is 1. The van der Waals surface area contributed by atoms with Crippen molar-refractivity contribution >= 4 is 33.6 Å². The molecule has 0 saturated carbocycles. The second-order valence-corrected chi connectivity index (χ2v) is 10.4. The molecule has 2 heterocycles. The average Bonchev–Trinajstić information content (AvgIpc) is 2.84. The van der Waals surface area contributed by atoms with Crippen molar-refractivity contribution in [2.45, 2.75) is 31.2 Å². The topological polar surface area (TPSA) is 90.0 Å². The molecule has 34 heavy (non-hydrogen) atoms. The van der Waals surface area contributed by atoms with Crippen molar-refractivity contribution in [1.29, 1.82) is 0 Å². The van der Waals surface area contributed by atoms with Gasteiger partial charge in [0.2, 0.25) is 21.8 Å². The van der Waals surface area contributed by atoms with Gasteiger partial charge in [-0.3, -0.25) is 9.59 Å². The second kappa shape index (κ2) is 10.1. The number of nitrogens with zero attached hydrogens (tertiary/aromatic N) is 3. The first-order valence-corrected chi connectivity index (χ1v) is 12.9. The monoisotopic (exact) mass is 482 g/mol. The number of carbonyl (C=O) groups is 2. The summed E-state index contributed by atoms with van der Waals surface area (Å²) in [4.78, 5) is 29.1. The van der Waals surface area contributed by atoms with E-state index in [4.69, 9.17) is 0 Å². The van der Waals surface area contributed by atoms with Crippen molar-refractivity contribution < 1.29 is 18.0 Å². The summed E-state index contributed by atoms with van der Waals surface area (Å²) in [5.74, 6) is -0.452. The van der Waals surface area contributed by atoms with Gasteiger partial charge < -0.3 is 15.1 Å². The number of fused-ring (bicyclic) bond motifs is 1. The number of carbonyl (C=O) groups excluding carboxylic acids is 2. The summed E-state index contributed by atoms with van der Waals surface area (Å²) in [6, 6.07) is 13.6. The van der Waals surface area contributed by atoms with E-state index in [1.807, 2.05) is 30.3 Å². The molecule has 2 aromatic carbocycles. The summed E-state index contributed by atoms with van der Waals surface area (Å²) < 4.78 is 27.8. The molecule has 2 amide bonds. The first kappa shape index (κ1) is 24.1. The molecule has 1 atom stereocenters. The normalized spacial score (nSPS) is 19.0. The van der Waals surface area contributed by atoms with E-state index in [2.05, 4.69) is 17.1 Å². The predicted molar refractivity (Wildman–Crippen MR) is 131 cm³/mol. The third-order valence-corrected chi connectivity index (χ3v) is 8.28. The van der Waals surface area contributed by atoms with Crippen LogP contribution in [0.1, 0.15) is 37.4 Å². The number of benzene rings is 2. The van der Waals surface area contributed by atoms with Gasteiger partial charge in [-0.1, -0.05) is 37.3 Å². The van der Waals surface area contributed by atoms with Crippen molar-refractivity contribution in [2.24, 2.45) is 0 Å². The van der Waals surface area contributed by atoms with E-state index in [0.717, 1.165) is 17.7 Å². The van der Waals surface area contributed by atoms with Gasteiger partial charge >= 0.3 is 0 Å². The molecule has 0 radical (unpaired) electrons. The minimum absolute atomic E-state index is 0.0525. The lowest BCUT2D eigenvalue weighted by Crippen LogP contribution is -2.48. The van der Waals surface area contributed by atoms with Crippen molar-refractivity contribution in [3.63, 3.8) is 0 Å². The number of amides is 2. The van der Waals surface area contributed by atoms with Gasteiger partial charge in [0, 0.05) is 45.0 Å². The zero-order valence-electron chi connectivity index (χ0n) is 19.5. The molecule has 4 rings (SSSR count). The Kier molecular flexibility index (Phi) is 7.16. The summed E-state index contributed by atoms with van der Waals surface area (Å²) in [5.41, 5.74) is 2.28. The van der Waals surface area contributed by atoms with E-state index < -0.39 is 16.1 Å². The molecule has 2 aliphatic rings.